The van der Waals surface area contributed by atoms with Crippen LogP contribution in [0.1, 0.15) is 16.0 Å². The minimum absolute atomic E-state index is 0.799. The molecule has 0 spiro atoms. The number of thioether (sulfide) groups is 1. The zero-order valence-electron chi connectivity index (χ0n) is 14.6. The molecule has 7 heteroatoms. The van der Waals surface area contributed by atoms with Gasteiger partial charge in [0.2, 0.25) is 0 Å². The maximum Gasteiger partial charge on any atom is 0.189 e. The number of nitrogens with one attached hydrogen (secondary N) is 1. The van der Waals surface area contributed by atoms with Crippen LogP contribution >= 0.6 is 23.1 Å². The summed E-state index contributed by atoms with van der Waals surface area (Å²) in [6, 6.07) is 2.17. The molecule has 5 nitrogen and oxygen atoms in total. The maximum atomic E-state index is 4.79. The number of piperazine rings is 1. The van der Waals surface area contributed by atoms with Crippen molar-refractivity contribution in [1.29, 1.82) is 0 Å². The molecule has 1 fully saturated rings. The number of aromatic nitrogens is 2. The first-order valence-electron chi connectivity index (χ1n) is 8.24. The van der Waals surface area contributed by atoms with E-state index in [4.69, 9.17) is 4.98 Å². The third-order valence-electron chi connectivity index (χ3n) is 4.37. The molecular formula is C17H25N5S2. The Hall–Kier alpha value is -1.15. The number of anilines is 1. The van der Waals surface area contributed by atoms with E-state index in [9.17, 15) is 0 Å². The van der Waals surface area contributed by atoms with E-state index in [-0.39, 0.29) is 0 Å². The summed E-state index contributed by atoms with van der Waals surface area (Å²) in [6.45, 7) is 8.08. The third kappa shape index (κ3) is 4.27. The van der Waals surface area contributed by atoms with Gasteiger partial charge in [-0.15, -0.1) is 11.3 Å². The molecule has 1 aliphatic rings. The summed E-state index contributed by atoms with van der Waals surface area (Å²) in [5, 5.41) is 6.56. The molecule has 2 aromatic heterocycles. The normalized spacial score (nSPS) is 15.9. The first-order valence-corrected chi connectivity index (χ1v) is 10.3. The molecule has 1 saturated heterocycles. The Morgan fingerprint density at radius 3 is 2.71 bits per heavy atom. The number of aryl methyl sites for hydroxylation is 1. The Morgan fingerprint density at radius 2 is 2.04 bits per heavy atom. The van der Waals surface area contributed by atoms with Gasteiger partial charge in [0.1, 0.15) is 5.82 Å². The van der Waals surface area contributed by atoms with E-state index in [0.717, 1.165) is 50.2 Å². The van der Waals surface area contributed by atoms with Crippen LogP contribution < -0.4 is 10.2 Å². The van der Waals surface area contributed by atoms with Crippen molar-refractivity contribution in [1.82, 2.24) is 20.2 Å². The molecule has 0 aliphatic carbocycles. The van der Waals surface area contributed by atoms with Crippen LogP contribution in [0.3, 0.4) is 0 Å². The lowest BCUT2D eigenvalue weighted by molar-refractivity contribution is 0.311. The van der Waals surface area contributed by atoms with Gasteiger partial charge in [-0.3, -0.25) is 0 Å². The summed E-state index contributed by atoms with van der Waals surface area (Å²) in [5.41, 5.74) is 2.55. The lowest BCUT2D eigenvalue weighted by atomic mass is 10.2. The van der Waals surface area contributed by atoms with Gasteiger partial charge in [0.05, 0.1) is 0 Å². The predicted octanol–water partition coefficient (Wildman–Crippen LogP) is 2.61. The van der Waals surface area contributed by atoms with Crippen LogP contribution in [-0.4, -0.2) is 54.4 Å². The zero-order valence-corrected chi connectivity index (χ0v) is 16.2. The molecule has 3 rings (SSSR count). The Kier molecular flexibility index (Phi) is 6.10. The summed E-state index contributed by atoms with van der Waals surface area (Å²) >= 11 is 3.41. The van der Waals surface area contributed by atoms with E-state index in [1.807, 2.05) is 23.8 Å². The number of hydrogen-bond acceptors (Lipinski definition) is 7. The van der Waals surface area contributed by atoms with Crippen LogP contribution in [0.2, 0.25) is 0 Å². The van der Waals surface area contributed by atoms with Crippen molar-refractivity contribution in [3.63, 3.8) is 0 Å². The second kappa shape index (κ2) is 8.29. The molecule has 0 bridgehead atoms. The van der Waals surface area contributed by atoms with Crippen molar-refractivity contribution in [2.24, 2.45) is 0 Å². The Balaban J connectivity index is 1.70. The fourth-order valence-corrected chi connectivity index (χ4v) is 4.00. The van der Waals surface area contributed by atoms with Gasteiger partial charge >= 0.3 is 0 Å². The minimum atomic E-state index is 0.799. The number of thiophene rings is 1. The quantitative estimate of drug-likeness (QED) is 0.629. The van der Waals surface area contributed by atoms with E-state index in [0.29, 0.717) is 0 Å². The van der Waals surface area contributed by atoms with E-state index in [2.05, 4.69) is 45.5 Å². The second-order valence-corrected chi connectivity index (χ2v) is 7.90. The molecule has 0 aromatic carbocycles. The van der Waals surface area contributed by atoms with E-state index in [1.54, 1.807) is 11.8 Å². The molecule has 24 heavy (non-hydrogen) atoms. The van der Waals surface area contributed by atoms with Gasteiger partial charge in [-0.1, -0.05) is 11.8 Å². The largest absolute Gasteiger partial charge is 0.354 e. The number of nitrogens with zero attached hydrogens (tertiary/aromatic N) is 4. The molecule has 1 N–H and O–H groups in total. The standard InChI is InChI=1S/C17H25N5S2/c1-13-4-9-24-15(13)12-18-10-14-11-19-17(23-3)20-16(14)22-7-5-21(2)6-8-22/h4,9,11,18H,5-8,10,12H2,1-3H3. The smallest absolute Gasteiger partial charge is 0.189 e. The second-order valence-electron chi connectivity index (χ2n) is 6.13. The summed E-state index contributed by atoms with van der Waals surface area (Å²) < 4.78 is 0. The Bertz CT molecular complexity index is 665. The summed E-state index contributed by atoms with van der Waals surface area (Å²) in [6.07, 6.45) is 4.02. The molecule has 2 aromatic rings. The topological polar surface area (TPSA) is 44.3 Å². The van der Waals surface area contributed by atoms with E-state index >= 15 is 0 Å². The first-order chi connectivity index (χ1) is 11.7. The van der Waals surface area contributed by atoms with Gasteiger partial charge < -0.3 is 15.1 Å². The van der Waals surface area contributed by atoms with Gasteiger partial charge in [-0.25, -0.2) is 9.97 Å². The molecule has 3 heterocycles. The lowest BCUT2D eigenvalue weighted by Gasteiger charge is -2.34. The monoisotopic (exact) mass is 363 g/mol. The number of rotatable bonds is 6. The maximum absolute atomic E-state index is 4.79. The highest BCUT2D eigenvalue weighted by Gasteiger charge is 2.19. The lowest BCUT2D eigenvalue weighted by Crippen LogP contribution is -2.45. The highest BCUT2D eigenvalue weighted by Crippen LogP contribution is 2.22. The molecule has 130 valence electrons. The fourth-order valence-electron chi connectivity index (χ4n) is 2.79. The van der Waals surface area contributed by atoms with Gasteiger partial charge in [0.15, 0.2) is 5.16 Å². The van der Waals surface area contributed by atoms with Crippen LogP contribution in [0.5, 0.6) is 0 Å². The summed E-state index contributed by atoms with van der Waals surface area (Å²) in [5.74, 6) is 1.10. The van der Waals surface area contributed by atoms with Gasteiger partial charge in [0, 0.05) is 55.9 Å². The average Bonchev–Trinajstić information content (AvgIpc) is 3.01. The Morgan fingerprint density at radius 1 is 1.25 bits per heavy atom. The highest BCUT2D eigenvalue weighted by atomic mass is 32.2. The summed E-state index contributed by atoms with van der Waals surface area (Å²) in [4.78, 5) is 15.4. The highest BCUT2D eigenvalue weighted by molar-refractivity contribution is 7.98. The van der Waals surface area contributed by atoms with Crippen LogP contribution in [-0.2, 0) is 13.1 Å². The van der Waals surface area contributed by atoms with Crippen LogP contribution in [0.25, 0.3) is 0 Å². The minimum Gasteiger partial charge on any atom is -0.354 e. The van der Waals surface area contributed by atoms with Gasteiger partial charge in [0.25, 0.3) is 0 Å². The van der Waals surface area contributed by atoms with Crippen LogP contribution in [0, 0.1) is 6.92 Å². The van der Waals surface area contributed by atoms with Crippen molar-refractivity contribution >= 4 is 28.9 Å². The van der Waals surface area contributed by atoms with Crippen molar-refractivity contribution < 1.29 is 0 Å². The zero-order chi connectivity index (χ0) is 16.9. The number of likely N-dealkylation sites (N-methyl/N-ethyl adjacent to an activating group) is 1. The van der Waals surface area contributed by atoms with Crippen LogP contribution in [0.4, 0.5) is 5.82 Å². The first kappa shape index (κ1) is 17.7. The van der Waals surface area contributed by atoms with Crippen LogP contribution in [0.15, 0.2) is 22.8 Å². The van der Waals surface area contributed by atoms with E-state index in [1.165, 1.54) is 16.0 Å². The molecular weight excluding hydrogens is 338 g/mol. The predicted molar refractivity (Wildman–Crippen MR) is 103 cm³/mol. The average molecular weight is 364 g/mol. The molecule has 0 unspecified atom stereocenters. The van der Waals surface area contributed by atoms with Crippen molar-refractivity contribution in [2.45, 2.75) is 25.2 Å². The van der Waals surface area contributed by atoms with Crippen molar-refractivity contribution in [3.8, 4) is 0 Å². The molecule has 0 saturated carbocycles. The molecule has 0 radical (unpaired) electrons. The number of hydrogen-bond donors (Lipinski definition) is 1. The Labute approximate surface area is 152 Å². The third-order valence-corrected chi connectivity index (χ3v) is 5.96. The summed E-state index contributed by atoms with van der Waals surface area (Å²) in [7, 11) is 2.18. The SMILES string of the molecule is CSc1ncc(CNCc2sccc2C)c(N2CCN(C)CC2)n1. The fraction of sp³-hybridized carbons (Fsp3) is 0.529. The van der Waals surface area contributed by atoms with E-state index < -0.39 is 0 Å². The molecule has 1 aliphatic heterocycles. The van der Waals surface area contributed by atoms with Gasteiger partial charge in [-0.05, 0) is 37.2 Å². The van der Waals surface area contributed by atoms with Crippen molar-refractivity contribution in [2.75, 3.05) is 44.4 Å². The van der Waals surface area contributed by atoms with Crippen molar-refractivity contribution in [3.05, 3.63) is 33.6 Å². The van der Waals surface area contributed by atoms with Gasteiger partial charge in [-0.2, -0.15) is 0 Å². The molecule has 0 amide bonds. The molecule has 0 atom stereocenters.